The summed E-state index contributed by atoms with van der Waals surface area (Å²) < 4.78 is 1.00. The second-order valence-electron chi connectivity index (χ2n) is 3.39. The molecule has 2 rings (SSSR count). The minimum atomic E-state index is 0.00750. The van der Waals surface area contributed by atoms with Crippen LogP contribution in [0.4, 0.5) is 0 Å². The van der Waals surface area contributed by atoms with Gasteiger partial charge in [0.05, 0.1) is 0 Å². The van der Waals surface area contributed by atoms with E-state index in [0.717, 1.165) is 14.3 Å². The van der Waals surface area contributed by atoms with Crippen molar-refractivity contribution in [1.29, 1.82) is 0 Å². The van der Waals surface area contributed by atoms with Crippen molar-refractivity contribution < 1.29 is 5.21 Å². The van der Waals surface area contributed by atoms with Gasteiger partial charge in [0.15, 0.2) is 5.84 Å². The fraction of sp³-hybridized carbons (Fsp3) is 0. The fourth-order valence-corrected chi connectivity index (χ4v) is 2.91. The van der Waals surface area contributed by atoms with Crippen LogP contribution in [0.3, 0.4) is 0 Å². The summed E-state index contributed by atoms with van der Waals surface area (Å²) in [7, 11) is 0. The van der Waals surface area contributed by atoms with Gasteiger partial charge in [0, 0.05) is 20.5 Å². The van der Waals surface area contributed by atoms with Crippen molar-refractivity contribution in [2.45, 2.75) is 9.79 Å². The molecule has 0 aliphatic heterocycles. The first-order valence-electron chi connectivity index (χ1n) is 5.07. The Bertz CT molecular complexity index is 589. The van der Waals surface area contributed by atoms with Gasteiger partial charge >= 0.3 is 0 Å². The predicted molar refractivity (Wildman–Crippen MR) is 75.0 cm³/mol. The Morgan fingerprint density at radius 2 is 2.17 bits per heavy atom. The van der Waals surface area contributed by atoms with Gasteiger partial charge in [0.25, 0.3) is 0 Å². The lowest BCUT2D eigenvalue weighted by Gasteiger charge is -2.06. The maximum absolute atomic E-state index is 8.73. The van der Waals surface area contributed by atoms with Crippen molar-refractivity contribution in [3.63, 3.8) is 0 Å². The standard InChI is InChI=1S/C12H10BrN3OS/c13-8-3-1-4-9(7-8)18-10-5-2-6-15-11(10)12(14)16-17/h1-7,17H,(H2,14,16). The van der Waals surface area contributed by atoms with Gasteiger partial charge < -0.3 is 10.9 Å². The number of hydrogen-bond acceptors (Lipinski definition) is 4. The van der Waals surface area contributed by atoms with E-state index in [0.29, 0.717) is 5.69 Å². The molecule has 1 aromatic carbocycles. The molecule has 0 aliphatic carbocycles. The number of aromatic nitrogens is 1. The molecule has 0 aliphatic rings. The zero-order valence-corrected chi connectivity index (χ0v) is 11.6. The van der Waals surface area contributed by atoms with Gasteiger partial charge in [-0.2, -0.15) is 0 Å². The van der Waals surface area contributed by atoms with Crippen LogP contribution in [0.5, 0.6) is 0 Å². The highest BCUT2D eigenvalue weighted by atomic mass is 79.9. The summed E-state index contributed by atoms with van der Waals surface area (Å²) in [5, 5.41) is 11.7. The largest absolute Gasteiger partial charge is 0.409 e. The molecule has 0 unspecified atom stereocenters. The molecule has 6 heteroatoms. The lowest BCUT2D eigenvalue weighted by atomic mass is 10.3. The van der Waals surface area contributed by atoms with Gasteiger partial charge in [-0.25, -0.2) is 0 Å². The number of rotatable bonds is 3. The Balaban J connectivity index is 2.35. The van der Waals surface area contributed by atoms with E-state index in [2.05, 4.69) is 26.1 Å². The molecule has 18 heavy (non-hydrogen) atoms. The molecular formula is C12H10BrN3OS. The van der Waals surface area contributed by atoms with E-state index in [1.807, 2.05) is 36.4 Å². The Morgan fingerprint density at radius 3 is 2.89 bits per heavy atom. The van der Waals surface area contributed by atoms with Gasteiger partial charge in [-0.3, -0.25) is 4.98 Å². The molecule has 0 fully saturated rings. The molecule has 0 atom stereocenters. The molecule has 3 N–H and O–H groups in total. The molecule has 0 saturated heterocycles. The van der Waals surface area contributed by atoms with Crippen LogP contribution in [0, 0.1) is 0 Å². The molecule has 0 spiro atoms. The third-order valence-electron chi connectivity index (χ3n) is 2.14. The maximum atomic E-state index is 8.73. The highest BCUT2D eigenvalue weighted by Crippen LogP contribution is 2.30. The monoisotopic (exact) mass is 323 g/mol. The zero-order valence-electron chi connectivity index (χ0n) is 9.25. The highest BCUT2D eigenvalue weighted by Gasteiger charge is 2.09. The van der Waals surface area contributed by atoms with Crippen molar-refractivity contribution >= 4 is 33.5 Å². The summed E-state index contributed by atoms with van der Waals surface area (Å²) in [5.74, 6) is 0.00750. The van der Waals surface area contributed by atoms with E-state index in [1.54, 1.807) is 6.20 Å². The van der Waals surface area contributed by atoms with E-state index < -0.39 is 0 Å². The number of benzene rings is 1. The molecule has 1 heterocycles. The van der Waals surface area contributed by atoms with Crippen molar-refractivity contribution in [3.8, 4) is 0 Å². The summed E-state index contributed by atoms with van der Waals surface area (Å²) in [5.41, 5.74) is 6.07. The van der Waals surface area contributed by atoms with Gasteiger partial charge in [-0.05, 0) is 30.3 Å². The van der Waals surface area contributed by atoms with Crippen LogP contribution in [0.15, 0.2) is 62.0 Å². The number of nitrogens with zero attached hydrogens (tertiary/aromatic N) is 2. The predicted octanol–water partition coefficient (Wildman–Crippen LogP) is 3.09. The Kier molecular flexibility index (Phi) is 4.22. The third-order valence-corrected chi connectivity index (χ3v) is 3.68. The van der Waals surface area contributed by atoms with Gasteiger partial charge in [-0.1, -0.05) is 38.9 Å². The Morgan fingerprint density at radius 1 is 1.33 bits per heavy atom. The number of halogens is 1. The van der Waals surface area contributed by atoms with Crippen molar-refractivity contribution in [2.75, 3.05) is 0 Å². The first-order chi connectivity index (χ1) is 8.70. The van der Waals surface area contributed by atoms with E-state index in [9.17, 15) is 0 Å². The van der Waals surface area contributed by atoms with Crippen LogP contribution in [0.2, 0.25) is 0 Å². The molecule has 0 radical (unpaired) electrons. The highest BCUT2D eigenvalue weighted by molar-refractivity contribution is 9.10. The molecule has 1 aromatic heterocycles. The summed E-state index contributed by atoms with van der Waals surface area (Å²) in [4.78, 5) is 6.00. The van der Waals surface area contributed by atoms with Gasteiger partial charge in [-0.15, -0.1) is 0 Å². The van der Waals surface area contributed by atoms with Crippen LogP contribution in [0.1, 0.15) is 5.69 Å². The summed E-state index contributed by atoms with van der Waals surface area (Å²) in [6.07, 6.45) is 1.61. The van der Waals surface area contributed by atoms with Crippen LogP contribution in [-0.4, -0.2) is 16.0 Å². The summed E-state index contributed by atoms with van der Waals surface area (Å²) in [6.45, 7) is 0. The lowest BCUT2D eigenvalue weighted by Crippen LogP contribution is -2.15. The van der Waals surface area contributed by atoms with Crippen LogP contribution >= 0.6 is 27.7 Å². The third kappa shape index (κ3) is 3.02. The molecule has 0 amide bonds. The summed E-state index contributed by atoms with van der Waals surface area (Å²) >= 11 is 4.93. The summed E-state index contributed by atoms with van der Waals surface area (Å²) in [6, 6.07) is 11.6. The topological polar surface area (TPSA) is 71.5 Å². The molecular weight excluding hydrogens is 314 g/mol. The van der Waals surface area contributed by atoms with Crippen LogP contribution < -0.4 is 5.73 Å². The Hall–Kier alpha value is -1.53. The second kappa shape index (κ2) is 5.88. The minimum absolute atomic E-state index is 0.00750. The fourth-order valence-electron chi connectivity index (χ4n) is 1.37. The second-order valence-corrected chi connectivity index (χ2v) is 5.43. The maximum Gasteiger partial charge on any atom is 0.189 e. The number of oxime groups is 1. The number of amidine groups is 1. The van der Waals surface area contributed by atoms with Crippen LogP contribution in [-0.2, 0) is 0 Å². The first kappa shape index (κ1) is 12.9. The Labute approximate surface area is 117 Å². The average molecular weight is 324 g/mol. The molecule has 0 saturated carbocycles. The van der Waals surface area contributed by atoms with E-state index in [1.165, 1.54) is 11.8 Å². The quantitative estimate of drug-likeness (QED) is 0.394. The molecule has 4 nitrogen and oxygen atoms in total. The zero-order chi connectivity index (χ0) is 13.0. The average Bonchev–Trinajstić information content (AvgIpc) is 2.38. The van der Waals surface area contributed by atoms with E-state index in [4.69, 9.17) is 10.9 Å². The van der Waals surface area contributed by atoms with Gasteiger partial charge in [0.1, 0.15) is 5.69 Å². The number of nitrogens with two attached hydrogens (primary N) is 1. The van der Waals surface area contributed by atoms with E-state index in [-0.39, 0.29) is 5.84 Å². The number of pyridine rings is 1. The van der Waals surface area contributed by atoms with Crippen molar-refractivity contribution in [1.82, 2.24) is 4.98 Å². The van der Waals surface area contributed by atoms with Crippen LogP contribution in [0.25, 0.3) is 0 Å². The smallest absolute Gasteiger partial charge is 0.189 e. The first-order valence-corrected chi connectivity index (χ1v) is 6.68. The van der Waals surface area contributed by atoms with E-state index >= 15 is 0 Å². The minimum Gasteiger partial charge on any atom is -0.409 e. The molecule has 0 bridgehead atoms. The van der Waals surface area contributed by atoms with Crippen molar-refractivity contribution in [2.24, 2.45) is 10.9 Å². The number of hydrogen-bond donors (Lipinski definition) is 2. The van der Waals surface area contributed by atoms with Crippen molar-refractivity contribution in [3.05, 3.63) is 52.8 Å². The van der Waals surface area contributed by atoms with Gasteiger partial charge in [0.2, 0.25) is 0 Å². The molecule has 92 valence electrons. The molecule has 2 aromatic rings. The normalized spacial score (nSPS) is 11.5. The SMILES string of the molecule is N/C(=N/O)c1ncccc1Sc1cccc(Br)c1. The lowest BCUT2D eigenvalue weighted by molar-refractivity contribution is 0.318.